The third kappa shape index (κ3) is 3.39. The number of hydrogen-bond acceptors (Lipinski definition) is 9. The number of benzene rings is 1. The number of carbonyl (C=O) groups is 2. The molecule has 0 radical (unpaired) electrons. The van der Waals surface area contributed by atoms with Crippen molar-refractivity contribution in [3.63, 3.8) is 0 Å². The fourth-order valence-electron chi connectivity index (χ4n) is 3.14. The highest BCUT2D eigenvalue weighted by atomic mass is 32.3. The van der Waals surface area contributed by atoms with Crippen LogP contribution in [0.5, 0.6) is 5.75 Å². The van der Waals surface area contributed by atoms with Gasteiger partial charge in [-0.3, -0.25) is 14.9 Å². The lowest BCUT2D eigenvalue weighted by Crippen LogP contribution is -2.30. The van der Waals surface area contributed by atoms with Gasteiger partial charge in [0.25, 0.3) is 11.1 Å². The fourth-order valence-corrected chi connectivity index (χ4v) is 5.90. The van der Waals surface area contributed by atoms with Crippen molar-refractivity contribution in [2.24, 2.45) is 0 Å². The van der Waals surface area contributed by atoms with Crippen molar-refractivity contribution in [2.75, 3.05) is 0 Å². The van der Waals surface area contributed by atoms with Gasteiger partial charge in [-0.2, -0.15) is 0 Å². The van der Waals surface area contributed by atoms with E-state index in [-0.39, 0.29) is 22.8 Å². The molecule has 1 unspecified atom stereocenters. The second-order valence-electron chi connectivity index (χ2n) is 6.83. The van der Waals surface area contributed by atoms with Gasteiger partial charge in [-0.05, 0) is 49.4 Å². The molecule has 3 heterocycles. The van der Waals surface area contributed by atoms with Crippen molar-refractivity contribution >= 4 is 43.7 Å². The van der Waals surface area contributed by atoms with E-state index in [1.165, 1.54) is 13.0 Å². The predicted octanol–water partition coefficient (Wildman–Crippen LogP) is 2.60. The van der Waals surface area contributed by atoms with Crippen LogP contribution in [0.3, 0.4) is 0 Å². The van der Waals surface area contributed by atoms with Gasteiger partial charge in [0.2, 0.25) is 0 Å². The third-order valence-corrected chi connectivity index (χ3v) is 8.22. The van der Waals surface area contributed by atoms with Crippen LogP contribution >= 0.6 is 11.8 Å². The number of nitrogens with one attached hydrogen (secondary N) is 1. The molecule has 0 spiro atoms. The van der Waals surface area contributed by atoms with E-state index in [2.05, 4.69) is 0 Å². The molecule has 3 aromatic rings. The quantitative estimate of drug-likeness (QED) is 0.614. The molecule has 2 aromatic heterocycles. The van der Waals surface area contributed by atoms with Crippen LogP contribution in [0.15, 0.2) is 37.9 Å². The molecule has 1 aliphatic heterocycles. The minimum absolute atomic E-state index is 0.0750. The molecule has 1 saturated heterocycles. The topological polar surface area (TPSA) is 144 Å². The van der Waals surface area contributed by atoms with Crippen LogP contribution in [-0.4, -0.2) is 29.3 Å². The summed E-state index contributed by atoms with van der Waals surface area (Å²) in [4.78, 5) is 34.9. The molecule has 1 aromatic carbocycles. The molecule has 11 heteroatoms. The number of fused-ring (bicyclic) bond motifs is 1. The van der Waals surface area contributed by atoms with Crippen LogP contribution in [0.2, 0.25) is 0 Å². The summed E-state index contributed by atoms with van der Waals surface area (Å²) >= 11 is 0.439. The summed E-state index contributed by atoms with van der Waals surface area (Å²) in [6.45, 7) is 3.02. The highest BCUT2D eigenvalue weighted by Crippen LogP contribution is 2.34. The molecule has 0 saturated carbocycles. The fraction of sp³-hybridized carbons (Fsp3) is 0.211. The Morgan fingerprint density at radius 3 is 2.50 bits per heavy atom. The van der Waals surface area contributed by atoms with Gasteiger partial charge in [0.15, 0.2) is 25.9 Å². The number of hydrogen-bond donors (Lipinski definition) is 2. The van der Waals surface area contributed by atoms with Gasteiger partial charge < -0.3 is 13.9 Å². The second kappa shape index (κ2) is 7.03. The maximum absolute atomic E-state index is 12.5. The van der Waals surface area contributed by atoms with E-state index in [4.69, 9.17) is 8.83 Å². The zero-order valence-corrected chi connectivity index (χ0v) is 17.3. The highest BCUT2D eigenvalue weighted by Gasteiger charge is 2.41. The van der Waals surface area contributed by atoms with E-state index in [0.29, 0.717) is 33.9 Å². The summed E-state index contributed by atoms with van der Waals surface area (Å²) in [6.07, 6.45) is 0. The summed E-state index contributed by atoms with van der Waals surface area (Å²) in [7, 11) is -3.93. The summed E-state index contributed by atoms with van der Waals surface area (Å²) < 4.78 is 34.5. The van der Waals surface area contributed by atoms with Crippen molar-refractivity contribution in [3.05, 3.63) is 51.4 Å². The molecule has 0 aliphatic carbocycles. The molecule has 156 valence electrons. The first-order valence-electron chi connectivity index (χ1n) is 8.66. The molecule has 1 atom stereocenters. The SMILES string of the molecule is Cc1c(-c2cc3cc(CS(=O)(=O)C4SC(=O)NC4=O)ccc3o2)oc(=O)c(C)c1O. The van der Waals surface area contributed by atoms with Crippen LogP contribution in [0.25, 0.3) is 22.5 Å². The molecule has 1 aliphatic rings. The Morgan fingerprint density at radius 1 is 1.10 bits per heavy atom. The van der Waals surface area contributed by atoms with Crippen LogP contribution in [0, 0.1) is 13.8 Å². The first-order valence-corrected chi connectivity index (χ1v) is 11.3. The number of furan rings is 1. The number of aromatic hydroxyl groups is 1. The van der Waals surface area contributed by atoms with Crippen LogP contribution in [0.4, 0.5) is 4.79 Å². The van der Waals surface area contributed by atoms with Gasteiger partial charge in [-0.15, -0.1) is 0 Å². The van der Waals surface area contributed by atoms with Crippen LogP contribution in [-0.2, 0) is 20.4 Å². The van der Waals surface area contributed by atoms with Crippen LogP contribution in [0.1, 0.15) is 16.7 Å². The van der Waals surface area contributed by atoms with Crippen molar-refractivity contribution in [1.82, 2.24) is 5.32 Å². The standard InChI is InChI=1S/C19H15NO8S2/c1-8-14(21)9(2)17(23)28-15(8)13-6-11-5-10(3-4-12(11)27-13)7-30(25,26)18-16(22)20-19(24)29-18/h3-6,18,21H,7H2,1-2H3,(H,20,22,24). The lowest BCUT2D eigenvalue weighted by atomic mass is 10.1. The third-order valence-electron chi connectivity index (χ3n) is 4.70. The first kappa shape index (κ1) is 20.2. The summed E-state index contributed by atoms with van der Waals surface area (Å²) in [5.41, 5.74) is 0.543. The molecular weight excluding hydrogens is 434 g/mol. The predicted molar refractivity (Wildman–Crippen MR) is 109 cm³/mol. The minimum Gasteiger partial charge on any atom is -0.507 e. The average molecular weight is 449 g/mol. The Bertz CT molecular complexity index is 1380. The van der Waals surface area contributed by atoms with E-state index < -0.39 is 36.9 Å². The Morgan fingerprint density at radius 2 is 1.83 bits per heavy atom. The zero-order chi connectivity index (χ0) is 21.8. The molecule has 4 rings (SSSR count). The number of thioether (sulfide) groups is 1. The van der Waals surface area contributed by atoms with Gasteiger partial charge in [0, 0.05) is 10.9 Å². The van der Waals surface area contributed by atoms with E-state index in [9.17, 15) is 27.9 Å². The van der Waals surface area contributed by atoms with Crippen molar-refractivity contribution in [2.45, 2.75) is 24.2 Å². The van der Waals surface area contributed by atoms with Gasteiger partial charge in [0.1, 0.15) is 11.3 Å². The summed E-state index contributed by atoms with van der Waals surface area (Å²) in [6, 6.07) is 6.22. The van der Waals surface area contributed by atoms with E-state index in [0.717, 1.165) is 0 Å². The number of imide groups is 1. The van der Waals surface area contributed by atoms with Crippen molar-refractivity contribution in [3.8, 4) is 17.3 Å². The molecule has 30 heavy (non-hydrogen) atoms. The summed E-state index contributed by atoms with van der Waals surface area (Å²) in [5.74, 6) is -1.20. The zero-order valence-electron chi connectivity index (χ0n) is 15.7. The molecule has 9 nitrogen and oxygen atoms in total. The average Bonchev–Trinajstić information content (AvgIpc) is 3.25. The monoisotopic (exact) mass is 449 g/mol. The largest absolute Gasteiger partial charge is 0.507 e. The molecular formula is C19H15NO8S2. The number of amides is 2. The maximum Gasteiger partial charge on any atom is 0.343 e. The second-order valence-corrected chi connectivity index (χ2v) is 10.3. The van der Waals surface area contributed by atoms with E-state index in [1.807, 2.05) is 5.32 Å². The van der Waals surface area contributed by atoms with Crippen molar-refractivity contribution < 1.29 is 31.9 Å². The van der Waals surface area contributed by atoms with Crippen LogP contribution < -0.4 is 10.9 Å². The molecule has 2 N–H and O–H groups in total. The van der Waals surface area contributed by atoms with Gasteiger partial charge in [-0.1, -0.05) is 6.07 Å². The Kier molecular flexibility index (Phi) is 4.74. The molecule has 2 amide bonds. The smallest absolute Gasteiger partial charge is 0.343 e. The number of sulfone groups is 1. The lowest BCUT2D eigenvalue weighted by Gasteiger charge is -2.07. The Hall–Kier alpha value is -3.05. The van der Waals surface area contributed by atoms with E-state index in [1.54, 1.807) is 25.1 Å². The van der Waals surface area contributed by atoms with Gasteiger partial charge >= 0.3 is 5.63 Å². The molecule has 0 bridgehead atoms. The number of rotatable bonds is 4. The number of carbonyl (C=O) groups excluding carboxylic acids is 2. The highest BCUT2D eigenvalue weighted by molar-refractivity contribution is 8.24. The summed E-state index contributed by atoms with van der Waals surface area (Å²) in [5, 5.41) is 11.9. The van der Waals surface area contributed by atoms with Crippen molar-refractivity contribution in [1.29, 1.82) is 0 Å². The lowest BCUT2D eigenvalue weighted by molar-refractivity contribution is -0.117. The first-order chi connectivity index (χ1) is 14.1. The van der Waals surface area contributed by atoms with Gasteiger partial charge in [0.05, 0.1) is 11.3 Å². The Labute approximate surface area is 174 Å². The van der Waals surface area contributed by atoms with E-state index >= 15 is 0 Å². The minimum atomic E-state index is -3.93. The normalized spacial score (nSPS) is 16.9. The maximum atomic E-state index is 12.5. The Balaban J connectivity index is 1.70. The van der Waals surface area contributed by atoms with Gasteiger partial charge in [-0.25, -0.2) is 13.2 Å². The molecule has 1 fully saturated rings.